The van der Waals surface area contributed by atoms with Crippen molar-refractivity contribution in [3.8, 4) is 11.3 Å². The molecule has 0 radical (unpaired) electrons. The Morgan fingerprint density at radius 1 is 1.07 bits per heavy atom. The van der Waals surface area contributed by atoms with Gasteiger partial charge in [0.25, 0.3) is 0 Å². The minimum Gasteiger partial charge on any atom is -0.352 e. The van der Waals surface area contributed by atoms with Crippen LogP contribution in [-0.2, 0) is 4.79 Å². The van der Waals surface area contributed by atoms with Gasteiger partial charge in [-0.3, -0.25) is 4.79 Å². The van der Waals surface area contributed by atoms with Crippen LogP contribution in [0.1, 0.15) is 33.1 Å². The summed E-state index contributed by atoms with van der Waals surface area (Å²) in [6.07, 6.45) is 3.46. The SMILES string of the molecule is C[C@H]1[C@@H](NC(=O)CSc2nnc(-c3ccc(F)cc3)c3ccccc23)CCC[C@@H]1C. The third-order valence-electron chi connectivity index (χ3n) is 6.16. The smallest absolute Gasteiger partial charge is 0.230 e. The van der Waals surface area contributed by atoms with Gasteiger partial charge in [-0.15, -0.1) is 10.2 Å². The maximum Gasteiger partial charge on any atom is 0.230 e. The highest BCUT2D eigenvalue weighted by molar-refractivity contribution is 8.00. The predicted molar refractivity (Wildman–Crippen MR) is 120 cm³/mol. The first kappa shape index (κ1) is 20.8. The fourth-order valence-corrected chi connectivity index (χ4v) is 4.96. The lowest BCUT2D eigenvalue weighted by molar-refractivity contribution is -0.119. The molecular formula is C24H26FN3OS. The largest absolute Gasteiger partial charge is 0.352 e. The van der Waals surface area contributed by atoms with Crippen LogP contribution in [0.5, 0.6) is 0 Å². The zero-order chi connectivity index (χ0) is 21.1. The van der Waals surface area contributed by atoms with E-state index in [2.05, 4.69) is 29.4 Å². The maximum atomic E-state index is 13.3. The lowest BCUT2D eigenvalue weighted by Crippen LogP contribution is -2.44. The van der Waals surface area contributed by atoms with Gasteiger partial charge in [0.1, 0.15) is 16.5 Å². The van der Waals surface area contributed by atoms with Gasteiger partial charge in [0.15, 0.2) is 0 Å². The van der Waals surface area contributed by atoms with E-state index in [-0.39, 0.29) is 17.8 Å². The first-order valence-electron chi connectivity index (χ1n) is 10.5. The molecule has 0 saturated heterocycles. The van der Waals surface area contributed by atoms with Crippen molar-refractivity contribution < 1.29 is 9.18 Å². The third-order valence-corrected chi connectivity index (χ3v) is 7.15. The molecule has 1 amide bonds. The summed E-state index contributed by atoms with van der Waals surface area (Å²) in [6, 6.07) is 14.4. The van der Waals surface area contributed by atoms with Gasteiger partial charge in [0.05, 0.1) is 5.75 Å². The van der Waals surface area contributed by atoms with Crippen molar-refractivity contribution in [2.24, 2.45) is 11.8 Å². The Morgan fingerprint density at radius 2 is 1.80 bits per heavy atom. The number of thioether (sulfide) groups is 1. The third kappa shape index (κ3) is 4.48. The van der Waals surface area contributed by atoms with Gasteiger partial charge >= 0.3 is 0 Å². The van der Waals surface area contributed by atoms with E-state index in [0.717, 1.165) is 27.8 Å². The molecule has 2 aromatic carbocycles. The number of amides is 1. The van der Waals surface area contributed by atoms with Crippen LogP contribution in [0.2, 0.25) is 0 Å². The van der Waals surface area contributed by atoms with Gasteiger partial charge in [0.2, 0.25) is 5.91 Å². The number of benzene rings is 2. The van der Waals surface area contributed by atoms with E-state index >= 15 is 0 Å². The quantitative estimate of drug-likeness (QED) is 0.553. The molecule has 3 aromatic rings. The molecule has 4 rings (SSSR count). The lowest BCUT2D eigenvalue weighted by atomic mass is 9.78. The predicted octanol–water partition coefficient (Wildman–Crippen LogP) is 5.47. The molecule has 0 aliphatic heterocycles. The monoisotopic (exact) mass is 423 g/mol. The summed E-state index contributed by atoms with van der Waals surface area (Å²) in [5.74, 6) is 1.22. The number of nitrogens with zero attached hydrogens (tertiary/aromatic N) is 2. The van der Waals surface area contributed by atoms with Crippen LogP contribution >= 0.6 is 11.8 Å². The van der Waals surface area contributed by atoms with Crippen molar-refractivity contribution in [3.63, 3.8) is 0 Å². The van der Waals surface area contributed by atoms with Gasteiger partial charge in [-0.25, -0.2) is 4.39 Å². The average molecular weight is 424 g/mol. The molecule has 1 fully saturated rings. The molecule has 1 aliphatic rings. The first-order chi connectivity index (χ1) is 14.5. The Labute approximate surface area is 180 Å². The van der Waals surface area contributed by atoms with E-state index in [1.54, 1.807) is 12.1 Å². The number of halogens is 1. The lowest BCUT2D eigenvalue weighted by Gasteiger charge is -2.34. The Hall–Kier alpha value is -2.47. The Kier molecular flexibility index (Phi) is 6.32. The van der Waals surface area contributed by atoms with Gasteiger partial charge in [0, 0.05) is 22.4 Å². The summed E-state index contributed by atoms with van der Waals surface area (Å²) in [5.41, 5.74) is 1.53. The Bertz CT molecular complexity index is 1040. The van der Waals surface area contributed by atoms with Crippen LogP contribution in [0.3, 0.4) is 0 Å². The zero-order valence-corrected chi connectivity index (χ0v) is 18.1. The Morgan fingerprint density at radius 3 is 2.57 bits per heavy atom. The average Bonchev–Trinajstić information content (AvgIpc) is 2.76. The Balaban J connectivity index is 1.50. The number of carbonyl (C=O) groups excluding carboxylic acids is 1. The summed E-state index contributed by atoms with van der Waals surface area (Å²) in [6.45, 7) is 4.50. The van der Waals surface area contributed by atoms with Crippen LogP contribution in [-0.4, -0.2) is 27.9 Å². The molecule has 30 heavy (non-hydrogen) atoms. The topological polar surface area (TPSA) is 54.9 Å². The van der Waals surface area contributed by atoms with E-state index in [0.29, 0.717) is 23.3 Å². The summed E-state index contributed by atoms with van der Waals surface area (Å²) in [5, 5.41) is 14.6. The number of hydrogen-bond acceptors (Lipinski definition) is 4. The van der Waals surface area contributed by atoms with Crippen molar-refractivity contribution >= 4 is 28.4 Å². The summed E-state index contributed by atoms with van der Waals surface area (Å²) < 4.78 is 13.3. The van der Waals surface area contributed by atoms with Crippen LogP contribution < -0.4 is 5.32 Å². The van der Waals surface area contributed by atoms with Crippen LogP contribution in [0.25, 0.3) is 22.0 Å². The molecule has 6 heteroatoms. The van der Waals surface area contributed by atoms with E-state index in [9.17, 15) is 9.18 Å². The number of rotatable bonds is 5. The fourth-order valence-electron chi connectivity index (χ4n) is 4.17. The second kappa shape index (κ2) is 9.13. The number of fused-ring (bicyclic) bond motifs is 1. The second-order valence-electron chi connectivity index (χ2n) is 8.14. The molecule has 0 spiro atoms. The zero-order valence-electron chi connectivity index (χ0n) is 17.3. The van der Waals surface area contributed by atoms with Crippen molar-refractivity contribution in [1.29, 1.82) is 0 Å². The molecule has 1 aliphatic carbocycles. The van der Waals surface area contributed by atoms with Crippen LogP contribution in [0, 0.1) is 17.7 Å². The standard InChI is InChI=1S/C24H26FN3OS/c1-15-6-5-9-21(16(15)2)26-22(29)14-30-24-20-8-4-3-7-19(20)23(27-28-24)17-10-12-18(25)13-11-17/h3-4,7-8,10-13,15-16,21H,5-6,9,14H2,1-2H3,(H,26,29)/t15-,16+,21-/m0/s1. The van der Waals surface area contributed by atoms with E-state index in [1.807, 2.05) is 24.3 Å². The first-order valence-corrected chi connectivity index (χ1v) is 11.4. The normalized spacial score (nSPS) is 21.5. The number of carbonyl (C=O) groups is 1. The summed E-state index contributed by atoms with van der Waals surface area (Å²) >= 11 is 1.41. The van der Waals surface area contributed by atoms with E-state index in [1.165, 1.54) is 36.7 Å². The van der Waals surface area contributed by atoms with E-state index < -0.39 is 0 Å². The van der Waals surface area contributed by atoms with Crippen molar-refractivity contribution in [1.82, 2.24) is 15.5 Å². The van der Waals surface area contributed by atoms with Gasteiger partial charge in [-0.2, -0.15) is 0 Å². The number of nitrogens with one attached hydrogen (secondary N) is 1. The highest BCUT2D eigenvalue weighted by Crippen LogP contribution is 2.32. The maximum absolute atomic E-state index is 13.3. The van der Waals surface area contributed by atoms with Gasteiger partial charge in [-0.05, 0) is 42.5 Å². The van der Waals surface area contributed by atoms with Gasteiger partial charge in [-0.1, -0.05) is 62.7 Å². The van der Waals surface area contributed by atoms with Crippen molar-refractivity contribution in [2.45, 2.75) is 44.2 Å². The molecule has 3 atom stereocenters. The van der Waals surface area contributed by atoms with Crippen LogP contribution in [0.4, 0.5) is 4.39 Å². The summed E-state index contributed by atoms with van der Waals surface area (Å²) in [4.78, 5) is 12.6. The van der Waals surface area contributed by atoms with Crippen LogP contribution in [0.15, 0.2) is 53.6 Å². The molecule has 1 saturated carbocycles. The summed E-state index contributed by atoms with van der Waals surface area (Å²) in [7, 11) is 0. The minimum atomic E-state index is -0.282. The highest BCUT2D eigenvalue weighted by atomic mass is 32.2. The minimum absolute atomic E-state index is 0.0412. The number of aromatic nitrogens is 2. The van der Waals surface area contributed by atoms with E-state index in [4.69, 9.17) is 0 Å². The van der Waals surface area contributed by atoms with Gasteiger partial charge < -0.3 is 5.32 Å². The molecule has 1 heterocycles. The molecule has 4 nitrogen and oxygen atoms in total. The molecule has 0 bridgehead atoms. The number of hydrogen-bond donors (Lipinski definition) is 1. The molecule has 156 valence electrons. The molecule has 0 unspecified atom stereocenters. The van der Waals surface area contributed by atoms with Crippen molar-refractivity contribution in [3.05, 3.63) is 54.3 Å². The fraction of sp³-hybridized carbons (Fsp3) is 0.375. The highest BCUT2D eigenvalue weighted by Gasteiger charge is 2.28. The second-order valence-corrected chi connectivity index (χ2v) is 9.10. The molecule has 1 aromatic heterocycles. The molecule has 1 N–H and O–H groups in total. The van der Waals surface area contributed by atoms with Crippen molar-refractivity contribution in [2.75, 3.05) is 5.75 Å². The molecular weight excluding hydrogens is 397 g/mol.